The molecule has 3 N–H and O–H groups in total. The van der Waals surface area contributed by atoms with Crippen molar-refractivity contribution in [3.63, 3.8) is 0 Å². The van der Waals surface area contributed by atoms with Gasteiger partial charge in [-0.25, -0.2) is 0 Å². The zero-order valence-electron chi connectivity index (χ0n) is 10.9. The summed E-state index contributed by atoms with van der Waals surface area (Å²) >= 11 is 0. The van der Waals surface area contributed by atoms with Gasteiger partial charge < -0.3 is 10.6 Å². The summed E-state index contributed by atoms with van der Waals surface area (Å²) in [5, 5.41) is 6.66. The Balaban J connectivity index is 0.00000133. The lowest BCUT2D eigenvalue weighted by atomic mass is 9.93. The van der Waals surface area contributed by atoms with E-state index in [0.29, 0.717) is 24.3 Å². The van der Waals surface area contributed by atoms with Crippen LogP contribution in [-0.4, -0.2) is 40.1 Å². The third-order valence-electron chi connectivity index (χ3n) is 4.44. The Morgan fingerprint density at radius 3 is 2.68 bits per heavy atom. The van der Waals surface area contributed by atoms with Gasteiger partial charge in [0.15, 0.2) is 0 Å². The van der Waals surface area contributed by atoms with E-state index >= 15 is 0 Å². The quantitative estimate of drug-likeness (QED) is 0.868. The number of carbonyl (C=O) groups excluding carboxylic acids is 1. The van der Waals surface area contributed by atoms with Crippen molar-refractivity contribution in [2.75, 3.05) is 13.1 Å². The third kappa shape index (κ3) is 2.92. The fourth-order valence-electron chi connectivity index (χ4n) is 3.29. The Hall–Kier alpha value is -1.07. The molecular formula is C13H21ClN4O. The number of halogens is 1. The van der Waals surface area contributed by atoms with Gasteiger partial charge in [-0.05, 0) is 36.7 Å². The maximum absolute atomic E-state index is 12.2. The van der Waals surface area contributed by atoms with Crippen LogP contribution in [0.15, 0.2) is 12.4 Å². The molecule has 2 fully saturated rings. The standard InChI is InChI=1S/C13H20N4O.ClH/c14-13-10-2-3-11(13)8-17(7-10)12(18)4-1-9-5-15-16-6-9;/h5-6,10-11,13H,1-4,7-8,14H2,(H,15,16);1H/t10-,11+,13?;. The van der Waals surface area contributed by atoms with E-state index in [2.05, 4.69) is 10.2 Å². The van der Waals surface area contributed by atoms with Crippen molar-refractivity contribution in [2.45, 2.75) is 31.7 Å². The zero-order chi connectivity index (χ0) is 12.5. The molecule has 1 saturated heterocycles. The molecule has 2 heterocycles. The van der Waals surface area contributed by atoms with E-state index in [-0.39, 0.29) is 18.3 Å². The van der Waals surface area contributed by atoms with Crippen LogP contribution < -0.4 is 5.73 Å². The van der Waals surface area contributed by atoms with Gasteiger partial charge in [0, 0.05) is 31.7 Å². The minimum absolute atomic E-state index is 0. The van der Waals surface area contributed by atoms with Gasteiger partial charge in [0.25, 0.3) is 0 Å². The van der Waals surface area contributed by atoms with Crippen LogP contribution in [0.1, 0.15) is 24.8 Å². The molecule has 0 radical (unpaired) electrons. The number of nitrogens with one attached hydrogen (secondary N) is 1. The van der Waals surface area contributed by atoms with E-state index in [4.69, 9.17) is 5.73 Å². The monoisotopic (exact) mass is 284 g/mol. The maximum Gasteiger partial charge on any atom is 0.222 e. The molecule has 1 aromatic rings. The second-order valence-electron chi connectivity index (χ2n) is 5.58. The van der Waals surface area contributed by atoms with Crippen LogP contribution in [0.5, 0.6) is 0 Å². The highest BCUT2D eigenvalue weighted by Gasteiger charge is 2.40. The van der Waals surface area contributed by atoms with Crippen molar-refractivity contribution in [1.29, 1.82) is 0 Å². The lowest BCUT2D eigenvalue weighted by Gasteiger charge is -2.36. The number of nitrogens with two attached hydrogens (primary N) is 1. The average molecular weight is 285 g/mol. The average Bonchev–Trinajstić information content (AvgIpc) is 2.93. The van der Waals surface area contributed by atoms with Crippen LogP contribution >= 0.6 is 12.4 Å². The second kappa shape index (κ2) is 5.92. The molecule has 0 spiro atoms. The number of hydrogen-bond acceptors (Lipinski definition) is 3. The van der Waals surface area contributed by atoms with Crippen molar-refractivity contribution in [1.82, 2.24) is 15.1 Å². The van der Waals surface area contributed by atoms with E-state index in [9.17, 15) is 4.79 Å². The molecule has 1 aliphatic carbocycles. The lowest BCUT2D eigenvalue weighted by Crippen LogP contribution is -2.50. The first-order valence-corrected chi connectivity index (χ1v) is 6.75. The number of H-pyrrole nitrogens is 1. The highest BCUT2D eigenvalue weighted by Crippen LogP contribution is 2.35. The van der Waals surface area contributed by atoms with Crippen LogP contribution in [0.25, 0.3) is 0 Å². The smallest absolute Gasteiger partial charge is 0.222 e. The number of piperidine rings is 1. The number of amides is 1. The van der Waals surface area contributed by atoms with Gasteiger partial charge in [-0.2, -0.15) is 5.10 Å². The third-order valence-corrected chi connectivity index (χ3v) is 4.44. The van der Waals surface area contributed by atoms with Crippen molar-refractivity contribution >= 4 is 18.3 Å². The number of rotatable bonds is 3. The molecule has 106 valence electrons. The van der Waals surface area contributed by atoms with Crippen molar-refractivity contribution in [2.24, 2.45) is 17.6 Å². The molecule has 1 amide bonds. The summed E-state index contributed by atoms with van der Waals surface area (Å²) in [6.45, 7) is 1.73. The molecule has 3 rings (SSSR count). The van der Waals surface area contributed by atoms with Crippen molar-refractivity contribution in [3.8, 4) is 0 Å². The number of aromatic nitrogens is 2. The minimum Gasteiger partial charge on any atom is -0.342 e. The predicted octanol–water partition coefficient (Wildman–Crippen LogP) is 0.960. The molecule has 5 nitrogen and oxygen atoms in total. The van der Waals surface area contributed by atoms with Crippen LogP contribution in [0.4, 0.5) is 0 Å². The minimum atomic E-state index is 0. The normalized spacial score (nSPS) is 29.1. The van der Waals surface area contributed by atoms with E-state index < -0.39 is 0 Å². The molecule has 0 aromatic carbocycles. The number of carbonyl (C=O) groups is 1. The van der Waals surface area contributed by atoms with Crippen LogP contribution in [0.2, 0.25) is 0 Å². The number of aryl methyl sites for hydroxylation is 1. The van der Waals surface area contributed by atoms with Gasteiger partial charge in [0.1, 0.15) is 0 Å². The van der Waals surface area contributed by atoms with Crippen LogP contribution in [0.3, 0.4) is 0 Å². The molecule has 2 aliphatic rings. The van der Waals surface area contributed by atoms with Gasteiger partial charge in [0.05, 0.1) is 6.20 Å². The summed E-state index contributed by atoms with van der Waals surface area (Å²) in [5.41, 5.74) is 7.24. The first kappa shape index (κ1) is 14.3. The van der Waals surface area contributed by atoms with Gasteiger partial charge in [0.2, 0.25) is 5.91 Å². The first-order chi connectivity index (χ1) is 8.74. The molecular weight excluding hydrogens is 264 g/mol. The molecule has 1 saturated carbocycles. The van der Waals surface area contributed by atoms with Crippen molar-refractivity contribution in [3.05, 3.63) is 18.0 Å². The molecule has 6 heteroatoms. The summed E-state index contributed by atoms with van der Waals surface area (Å²) in [5.74, 6) is 1.32. The predicted molar refractivity (Wildman–Crippen MR) is 74.9 cm³/mol. The molecule has 2 bridgehead atoms. The van der Waals surface area contributed by atoms with Crippen molar-refractivity contribution < 1.29 is 4.79 Å². The van der Waals surface area contributed by atoms with Gasteiger partial charge >= 0.3 is 0 Å². The fourth-order valence-corrected chi connectivity index (χ4v) is 3.29. The Bertz CT molecular complexity index is 408. The molecule has 1 aromatic heterocycles. The van der Waals surface area contributed by atoms with Crippen LogP contribution in [-0.2, 0) is 11.2 Å². The second-order valence-corrected chi connectivity index (χ2v) is 5.58. The molecule has 1 aliphatic heterocycles. The van der Waals surface area contributed by atoms with Gasteiger partial charge in [-0.3, -0.25) is 9.89 Å². The Morgan fingerprint density at radius 1 is 1.42 bits per heavy atom. The van der Waals surface area contributed by atoms with Gasteiger partial charge in [-0.15, -0.1) is 12.4 Å². The number of nitrogens with zero attached hydrogens (tertiary/aromatic N) is 2. The highest BCUT2D eigenvalue weighted by molar-refractivity contribution is 5.85. The molecule has 1 unspecified atom stereocenters. The summed E-state index contributed by atoms with van der Waals surface area (Å²) in [6, 6.07) is 0.322. The maximum atomic E-state index is 12.2. The zero-order valence-corrected chi connectivity index (χ0v) is 11.7. The first-order valence-electron chi connectivity index (χ1n) is 6.75. The van der Waals surface area contributed by atoms with E-state index in [0.717, 1.165) is 25.1 Å². The van der Waals surface area contributed by atoms with E-state index in [1.54, 1.807) is 6.20 Å². The SMILES string of the molecule is Cl.NC1[C@@H]2CC[C@H]1CN(C(=O)CCc1cn[nH]c1)C2. The van der Waals surface area contributed by atoms with Gasteiger partial charge in [-0.1, -0.05) is 0 Å². The highest BCUT2D eigenvalue weighted by atomic mass is 35.5. The summed E-state index contributed by atoms with van der Waals surface area (Å²) in [4.78, 5) is 14.2. The number of fused-ring (bicyclic) bond motifs is 2. The van der Waals surface area contributed by atoms with E-state index in [1.807, 2.05) is 11.1 Å². The topological polar surface area (TPSA) is 75.0 Å². The summed E-state index contributed by atoms with van der Waals surface area (Å²) in [6.07, 6.45) is 7.36. The number of likely N-dealkylation sites (tertiary alicyclic amines) is 1. The summed E-state index contributed by atoms with van der Waals surface area (Å²) < 4.78 is 0. The van der Waals surface area contributed by atoms with Crippen LogP contribution in [0, 0.1) is 11.8 Å². The fraction of sp³-hybridized carbons (Fsp3) is 0.692. The number of hydrogen-bond donors (Lipinski definition) is 2. The van der Waals surface area contributed by atoms with E-state index in [1.165, 1.54) is 12.8 Å². The summed E-state index contributed by atoms with van der Waals surface area (Å²) in [7, 11) is 0. The Morgan fingerprint density at radius 2 is 2.11 bits per heavy atom. The molecule has 19 heavy (non-hydrogen) atoms. The number of aromatic amines is 1. The largest absolute Gasteiger partial charge is 0.342 e. The molecule has 3 atom stereocenters. The Kier molecular flexibility index (Phi) is 4.47. The lowest BCUT2D eigenvalue weighted by molar-refractivity contribution is -0.133. The Labute approximate surface area is 119 Å².